The number of hydrogen-bond donors (Lipinski definition) is 1. The Hall–Kier alpha value is -2.02. The van der Waals surface area contributed by atoms with E-state index >= 15 is 0 Å². The van der Waals surface area contributed by atoms with Crippen LogP contribution in [0.15, 0.2) is 17.8 Å². The summed E-state index contributed by atoms with van der Waals surface area (Å²) in [7, 11) is 0. The van der Waals surface area contributed by atoms with Crippen molar-refractivity contribution in [2.75, 3.05) is 11.9 Å². The van der Waals surface area contributed by atoms with Crippen molar-refractivity contribution in [3.8, 4) is 0 Å². The van der Waals surface area contributed by atoms with Gasteiger partial charge in [-0.3, -0.25) is 0 Å². The van der Waals surface area contributed by atoms with Gasteiger partial charge in [0.05, 0.1) is 5.39 Å². The van der Waals surface area contributed by atoms with Crippen LogP contribution in [0.3, 0.4) is 0 Å². The Morgan fingerprint density at radius 2 is 2.18 bits per heavy atom. The topological polar surface area (TPSA) is 68.5 Å². The summed E-state index contributed by atoms with van der Waals surface area (Å²) in [5, 5.41) is 15.3. The van der Waals surface area contributed by atoms with Crippen molar-refractivity contribution in [2.45, 2.75) is 38.6 Å². The highest BCUT2D eigenvalue weighted by atomic mass is 32.1. The number of anilines is 1. The van der Waals surface area contributed by atoms with E-state index in [1.54, 1.807) is 17.7 Å². The van der Waals surface area contributed by atoms with Gasteiger partial charge >= 0.3 is 0 Å². The van der Waals surface area contributed by atoms with Crippen LogP contribution in [0.25, 0.3) is 10.2 Å². The average Bonchev–Trinajstić information content (AvgIpc) is 3.09. The number of hydrogen-bond acceptors (Lipinski definition) is 6. The number of nitrogens with one attached hydrogen (secondary N) is 1. The molecule has 3 aromatic heterocycles. The molecule has 0 saturated carbocycles. The largest absolute Gasteiger partial charge is 0.369 e. The molecule has 0 radical (unpaired) electrons. The number of aromatic nitrogens is 5. The molecule has 0 aromatic carbocycles. The first-order chi connectivity index (χ1) is 10.9. The number of aryl methyl sites for hydroxylation is 1. The third-order valence-corrected chi connectivity index (χ3v) is 4.91. The Morgan fingerprint density at radius 1 is 1.18 bits per heavy atom. The summed E-state index contributed by atoms with van der Waals surface area (Å²) >= 11 is 1.64. The van der Waals surface area contributed by atoms with Gasteiger partial charge in [0, 0.05) is 25.9 Å². The second-order valence-electron chi connectivity index (χ2n) is 5.53. The molecule has 22 heavy (non-hydrogen) atoms. The molecule has 7 heteroatoms. The van der Waals surface area contributed by atoms with Crippen molar-refractivity contribution >= 4 is 27.4 Å². The molecule has 4 rings (SSSR count). The first kappa shape index (κ1) is 13.6. The second-order valence-corrected chi connectivity index (χ2v) is 6.43. The molecule has 0 unspecified atom stereocenters. The standard InChI is InChI=1S/C15H18N6S/c1-2-4-12-19-20-13(21(12)8-3-1)5-7-16-14-11-6-9-22-15(11)18-10-17-14/h6,9-10H,1-5,7-8H2,(H,16,17,18). The van der Waals surface area contributed by atoms with Crippen molar-refractivity contribution in [1.29, 1.82) is 0 Å². The molecule has 4 heterocycles. The van der Waals surface area contributed by atoms with Crippen LogP contribution in [-0.2, 0) is 19.4 Å². The fraction of sp³-hybridized carbons (Fsp3) is 0.467. The minimum absolute atomic E-state index is 0.806. The maximum atomic E-state index is 4.37. The Kier molecular flexibility index (Phi) is 3.72. The van der Waals surface area contributed by atoms with Crippen molar-refractivity contribution < 1.29 is 0 Å². The number of thiophene rings is 1. The summed E-state index contributed by atoms with van der Waals surface area (Å²) in [5.74, 6) is 3.14. The molecule has 0 saturated heterocycles. The molecule has 1 aliphatic heterocycles. The van der Waals surface area contributed by atoms with E-state index in [1.807, 2.05) is 5.38 Å². The van der Waals surface area contributed by atoms with Gasteiger partial charge in [0.1, 0.15) is 28.6 Å². The number of rotatable bonds is 4. The third-order valence-electron chi connectivity index (χ3n) is 4.09. The van der Waals surface area contributed by atoms with E-state index in [0.717, 1.165) is 53.6 Å². The first-order valence-electron chi connectivity index (χ1n) is 7.75. The van der Waals surface area contributed by atoms with Gasteiger partial charge in [-0.05, 0) is 24.3 Å². The Balaban J connectivity index is 1.45. The maximum Gasteiger partial charge on any atom is 0.138 e. The monoisotopic (exact) mass is 314 g/mol. The minimum atomic E-state index is 0.806. The van der Waals surface area contributed by atoms with Crippen LogP contribution >= 0.6 is 11.3 Å². The number of nitrogens with zero attached hydrogens (tertiary/aromatic N) is 5. The smallest absolute Gasteiger partial charge is 0.138 e. The lowest BCUT2D eigenvalue weighted by Crippen LogP contribution is -2.12. The second kappa shape index (κ2) is 6.00. The first-order valence-corrected chi connectivity index (χ1v) is 8.63. The van der Waals surface area contributed by atoms with Gasteiger partial charge in [0.25, 0.3) is 0 Å². The van der Waals surface area contributed by atoms with Gasteiger partial charge in [-0.1, -0.05) is 6.42 Å². The fourth-order valence-corrected chi connectivity index (χ4v) is 3.69. The lowest BCUT2D eigenvalue weighted by Gasteiger charge is -2.08. The molecule has 114 valence electrons. The van der Waals surface area contributed by atoms with Gasteiger partial charge in [-0.25, -0.2) is 9.97 Å². The van der Waals surface area contributed by atoms with Gasteiger partial charge in [0.2, 0.25) is 0 Å². The highest BCUT2D eigenvalue weighted by molar-refractivity contribution is 7.16. The summed E-state index contributed by atoms with van der Waals surface area (Å²) in [6.45, 7) is 1.86. The van der Waals surface area contributed by atoms with Crippen LogP contribution in [0.5, 0.6) is 0 Å². The minimum Gasteiger partial charge on any atom is -0.369 e. The van der Waals surface area contributed by atoms with Crippen LogP contribution in [0.2, 0.25) is 0 Å². The van der Waals surface area contributed by atoms with E-state index in [-0.39, 0.29) is 0 Å². The molecule has 0 spiro atoms. The lowest BCUT2D eigenvalue weighted by molar-refractivity contribution is 0.606. The van der Waals surface area contributed by atoms with Crippen molar-refractivity contribution in [2.24, 2.45) is 0 Å². The fourth-order valence-electron chi connectivity index (χ4n) is 2.95. The zero-order valence-electron chi connectivity index (χ0n) is 12.3. The van der Waals surface area contributed by atoms with Crippen LogP contribution in [0, 0.1) is 0 Å². The molecule has 0 fully saturated rings. The maximum absolute atomic E-state index is 4.37. The Bertz CT molecular complexity index is 777. The Morgan fingerprint density at radius 3 is 3.18 bits per heavy atom. The van der Waals surface area contributed by atoms with Gasteiger partial charge in [0.15, 0.2) is 0 Å². The van der Waals surface area contributed by atoms with E-state index in [2.05, 4.69) is 36.1 Å². The average molecular weight is 314 g/mol. The predicted octanol–water partition coefficient (Wildman–Crippen LogP) is 2.66. The molecule has 3 aromatic rings. The van der Waals surface area contributed by atoms with Gasteiger partial charge in [-0.2, -0.15) is 0 Å². The summed E-state index contributed by atoms with van der Waals surface area (Å²) in [4.78, 5) is 9.63. The van der Waals surface area contributed by atoms with E-state index in [0.29, 0.717) is 0 Å². The van der Waals surface area contributed by atoms with Crippen LogP contribution in [-0.4, -0.2) is 31.3 Å². The Labute approximate surface area is 132 Å². The highest BCUT2D eigenvalue weighted by Gasteiger charge is 2.14. The SMILES string of the molecule is c1nc(NCCc2nnc3n2CCCCC3)c2ccsc2n1. The summed E-state index contributed by atoms with van der Waals surface area (Å²) < 4.78 is 2.30. The quantitative estimate of drug-likeness (QED) is 0.802. The molecule has 1 aliphatic rings. The normalized spacial score (nSPS) is 14.7. The van der Waals surface area contributed by atoms with E-state index < -0.39 is 0 Å². The van der Waals surface area contributed by atoms with Gasteiger partial charge < -0.3 is 9.88 Å². The molecule has 6 nitrogen and oxygen atoms in total. The van der Waals surface area contributed by atoms with Crippen LogP contribution in [0.4, 0.5) is 5.82 Å². The van der Waals surface area contributed by atoms with E-state index in [1.165, 1.54) is 19.3 Å². The molecular weight excluding hydrogens is 296 g/mol. The van der Waals surface area contributed by atoms with Crippen molar-refractivity contribution in [1.82, 2.24) is 24.7 Å². The molecule has 0 amide bonds. The molecule has 1 N–H and O–H groups in total. The van der Waals surface area contributed by atoms with E-state index in [9.17, 15) is 0 Å². The third kappa shape index (κ3) is 2.56. The molecule has 0 aliphatic carbocycles. The van der Waals surface area contributed by atoms with Crippen LogP contribution < -0.4 is 5.32 Å². The van der Waals surface area contributed by atoms with Crippen molar-refractivity contribution in [3.05, 3.63) is 29.4 Å². The zero-order valence-corrected chi connectivity index (χ0v) is 13.1. The lowest BCUT2D eigenvalue weighted by atomic mass is 10.2. The zero-order chi connectivity index (χ0) is 14.8. The summed E-state index contributed by atoms with van der Waals surface area (Å²) in [6, 6.07) is 2.06. The summed E-state index contributed by atoms with van der Waals surface area (Å²) in [5.41, 5.74) is 0. The molecule has 0 bridgehead atoms. The molecular formula is C15H18N6S. The number of fused-ring (bicyclic) bond motifs is 2. The summed E-state index contributed by atoms with van der Waals surface area (Å²) in [6.07, 6.45) is 7.28. The highest BCUT2D eigenvalue weighted by Crippen LogP contribution is 2.23. The van der Waals surface area contributed by atoms with Crippen molar-refractivity contribution in [3.63, 3.8) is 0 Å². The van der Waals surface area contributed by atoms with E-state index in [4.69, 9.17) is 0 Å². The van der Waals surface area contributed by atoms with Crippen LogP contribution in [0.1, 0.15) is 30.9 Å². The predicted molar refractivity (Wildman–Crippen MR) is 87.2 cm³/mol. The van der Waals surface area contributed by atoms with Gasteiger partial charge in [-0.15, -0.1) is 21.5 Å². The molecule has 0 atom stereocenters.